The fourth-order valence-corrected chi connectivity index (χ4v) is 3.56. The largest absolute Gasteiger partial charge is 0.355 e. The van der Waals surface area contributed by atoms with Gasteiger partial charge in [0.05, 0.1) is 29.4 Å². The summed E-state index contributed by atoms with van der Waals surface area (Å²) in [6.45, 7) is 0.361. The molecule has 2 aromatic carbocycles. The van der Waals surface area contributed by atoms with Crippen LogP contribution in [0.4, 0.5) is 10.1 Å². The molecular weight excluding hydrogens is 383 g/mol. The van der Waals surface area contributed by atoms with Crippen LogP contribution >= 0.6 is 0 Å². The van der Waals surface area contributed by atoms with Crippen LogP contribution in [0.2, 0.25) is 0 Å². The number of carbonyl (C=O) groups excluding carboxylic acids is 1. The maximum Gasteiger partial charge on any atom is 0.229 e. The molecule has 1 aromatic heterocycles. The first-order valence-electron chi connectivity index (χ1n) is 8.66. The summed E-state index contributed by atoms with van der Waals surface area (Å²) < 4.78 is 40.5. The molecule has 0 aliphatic carbocycles. The Labute approximate surface area is 162 Å². The third kappa shape index (κ3) is 4.86. The highest BCUT2D eigenvalue weighted by molar-refractivity contribution is 7.92. The van der Waals surface area contributed by atoms with E-state index in [1.807, 2.05) is 0 Å². The average Bonchev–Trinajstić information content (AvgIpc) is 2.91. The number of imidazole rings is 1. The van der Waals surface area contributed by atoms with Gasteiger partial charge in [0.15, 0.2) is 0 Å². The lowest BCUT2D eigenvalue weighted by Gasteiger charge is -2.11. The van der Waals surface area contributed by atoms with Gasteiger partial charge in [-0.05, 0) is 29.8 Å². The molecule has 28 heavy (non-hydrogen) atoms. The van der Waals surface area contributed by atoms with Gasteiger partial charge in [0.25, 0.3) is 0 Å². The summed E-state index contributed by atoms with van der Waals surface area (Å²) in [5.41, 5.74) is 2.37. The van der Waals surface area contributed by atoms with Crippen molar-refractivity contribution in [1.82, 2.24) is 14.9 Å². The molecule has 148 valence electrons. The Kier molecular flexibility index (Phi) is 5.64. The SMILES string of the molecule is Cn1c(CCNC(=O)Cc2ccccc2NS(C)(=O)=O)nc2ccc(F)cc21. The zero-order valence-electron chi connectivity index (χ0n) is 15.6. The number of para-hydroxylation sites is 1. The minimum atomic E-state index is -3.43. The number of nitrogens with zero attached hydrogens (tertiary/aromatic N) is 2. The second kappa shape index (κ2) is 7.97. The van der Waals surface area contributed by atoms with Crippen molar-refractivity contribution in [3.63, 3.8) is 0 Å². The highest BCUT2D eigenvalue weighted by atomic mass is 32.2. The van der Waals surface area contributed by atoms with E-state index in [0.717, 1.165) is 12.1 Å². The van der Waals surface area contributed by atoms with Crippen LogP contribution in [0.5, 0.6) is 0 Å². The van der Waals surface area contributed by atoms with E-state index in [0.29, 0.717) is 35.2 Å². The maximum atomic E-state index is 13.4. The van der Waals surface area contributed by atoms with E-state index in [-0.39, 0.29) is 18.1 Å². The molecule has 2 N–H and O–H groups in total. The molecule has 0 unspecified atom stereocenters. The topological polar surface area (TPSA) is 93.1 Å². The Morgan fingerprint density at radius 3 is 2.71 bits per heavy atom. The Hall–Kier alpha value is -2.94. The van der Waals surface area contributed by atoms with E-state index in [4.69, 9.17) is 0 Å². The summed E-state index contributed by atoms with van der Waals surface area (Å²) in [4.78, 5) is 16.7. The third-order valence-corrected chi connectivity index (χ3v) is 4.86. The summed E-state index contributed by atoms with van der Waals surface area (Å²) in [6.07, 6.45) is 1.60. The number of benzene rings is 2. The van der Waals surface area contributed by atoms with Crippen LogP contribution in [-0.2, 0) is 34.7 Å². The zero-order chi connectivity index (χ0) is 20.3. The van der Waals surface area contributed by atoms with Gasteiger partial charge in [0, 0.05) is 20.0 Å². The van der Waals surface area contributed by atoms with E-state index >= 15 is 0 Å². The second-order valence-corrected chi connectivity index (χ2v) is 8.28. The average molecular weight is 404 g/mol. The lowest BCUT2D eigenvalue weighted by atomic mass is 10.1. The molecular formula is C19H21FN4O3S. The van der Waals surface area contributed by atoms with Gasteiger partial charge in [0.1, 0.15) is 11.6 Å². The van der Waals surface area contributed by atoms with Crippen LogP contribution < -0.4 is 10.0 Å². The molecule has 0 atom stereocenters. The number of nitrogens with one attached hydrogen (secondary N) is 2. The van der Waals surface area contributed by atoms with Crippen molar-refractivity contribution in [3.05, 3.63) is 59.7 Å². The van der Waals surface area contributed by atoms with Crippen molar-refractivity contribution in [2.75, 3.05) is 17.5 Å². The minimum Gasteiger partial charge on any atom is -0.355 e. The van der Waals surface area contributed by atoms with E-state index in [9.17, 15) is 17.6 Å². The molecule has 9 heteroatoms. The van der Waals surface area contributed by atoms with Gasteiger partial charge >= 0.3 is 0 Å². The van der Waals surface area contributed by atoms with Crippen molar-refractivity contribution in [3.8, 4) is 0 Å². The fourth-order valence-electron chi connectivity index (χ4n) is 2.96. The van der Waals surface area contributed by atoms with Crippen LogP contribution in [0, 0.1) is 5.82 Å². The lowest BCUT2D eigenvalue weighted by Crippen LogP contribution is -2.28. The number of aromatic nitrogens is 2. The molecule has 3 rings (SSSR count). The van der Waals surface area contributed by atoms with Crippen LogP contribution in [0.25, 0.3) is 11.0 Å². The molecule has 0 saturated heterocycles. The predicted molar refractivity (Wildman–Crippen MR) is 106 cm³/mol. The van der Waals surface area contributed by atoms with E-state index < -0.39 is 10.0 Å². The van der Waals surface area contributed by atoms with Crippen LogP contribution in [0.1, 0.15) is 11.4 Å². The van der Waals surface area contributed by atoms with E-state index in [1.54, 1.807) is 41.9 Å². The monoisotopic (exact) mass is 404 g/mol. The standard InChI is InChI=1S/C19H21FN4O3S/c1-24-17-12-14(20)7-8-16(17)22-18(24)9-10-21-19(25)11-13-5-3-4-6-15(13)23-28(2,26)27/h3-8,12,23H,9-11H2,1-2H3,(H,21,25). The van der Waals surface area contributed by atoms with Gasteiger partial charge in [-0.3, -0.25) is 9.52 Å². The number of hydrogen-bond acceptors (Lipinski definition) is 4. The molecule has 7 nitrogen and oxygen atoms in total. The Balaban J connectivity index is 1.61. The van der Waals surface area contributed by atoms with Gasteiger partial charge in [-0.1, -0.05) is 18.2 Å². The van der Waals surface area contributed by atoms with Crippen molar-refractivity contribution in [2.24, 2.45) is 7.05 Å². The van der Waals surface area contributed by atoms with Crippen LogP contribution in [-0.4, -0.2) is 36.7 Å². The summed E-state index contributed by atoms with van der Waals surface area (Å²) in [5, 5.41) is 2.81. The first-order valence-corrected chi connectivity index (χ1v) is 10.6. The molecule has 0 fully saturated rings. The molecule has 0 radical (unpaired) electrons. The number of amides is 1. The second-order valence-electron chi connectivity index (χ2n) is 6.53. The van der Waals surface area contributed by atoms with Gasteiger partial charge in [-0.25, -0.2) is 17.8 Å². The number of fused-ring (bicyclic) bond motifs is 1. The molecule has 0 aliphatic rings. The number of rotatable bonds is 7. The first-order chi connectivity index (χ1) is 13.2. The van der Waals surface area contributed by atoms with E-state index in [1.165, 1.54) is 12.1 Å². The van der Waals surface area contributed by atoms with Crippen molar-refractivity contribution < 1.29 is 17.6 Å². The Bertz CT molecular complexity index is 1130. The maximum absolute atomic E-state index is 13.4. The molecule has 0 aliphatic heterocycles. The molecule has 0 spiro atoms. The number of hydrogen-bond donors (Lipinski definition) is 2. The minimum absolute atomic E-state index is 0.0481. The summed E-state index contributed by atoms with van der Waals surface area (Å²) in [7, 11) is -1.62. The number of anilines is 1. The first kappa shape index (κ1) is 19.8. The zero-order valence-corrected chi connectivity index (χ0v) is 16.4. The van der Waals surface area contributed by atoms with Gasteiger partial charge in [0.2, 0.25) is 15.9 Å². The number of halogens is 1. The Morgan fingerprint density at radius 2 is 1.96 bits per heavy atom. The van der Waals surface area contributed by atoms with Crippen LogP contribution in [0.15, 0.2) is 42.5 Å². The highest BCUT2D eigenvalue weighted by Gasteiger charge is 2.12. The molecule has 3 aromatic rings. The van der Waals surface area contributed by atoms with Gasteiger partial charge in [-0.2, -0.15) is 0 Å². The summed E-state index contributed by atoms with van der Waals surface area (Å²) in [6, 6.07) is 11.2. The predicted octanol–water partition coefficient (Wildman–Crippen LogP) is 1.99. The molecule has 0 saturated carbocycles. The number of aryl methyl sites for hydroxylation is 1. The van der Waals surface area contributed by atoms with E-state index in [2.05, 4.69) is 15.0 Å². The van der Waals surface area contributed by atoms with Crippen molar-refractivity contribution in [2.45, 2.75) is 12.8 Å². The third-order valence-electron chi connectivity index (χ3n) is 4.27. The fraction of sp³-hybridized carbons (Fsp3) is 0.263. The molecule has 1 amide bonds. The Morgan fingerprint density at radius 1 is 1.21 bits per heavy atom. The summed E-state index contributed by atoms with van der Waals surface area (Å²) >= 11 is 0. The van der Waals surface area contributed by atoms with Crippen LogP contribution in [0.3, 0.4) is 0 Å². The molecule has 0 bridgehead atoms. The van der Waals surface area contributed by atoms with Crippen molar-refractivity contribution >= 4 is 32.7 Å². The summed E-state index contributed by atoms with van der Waals surface area (Å²) in [5.74, 6) is 0.185. The molecule has 1 heterocycles. The lowest BCUT2D eigenvalue weighted by molar-refractivity contribution is -0.120. The quantitative estimate of drug-likeness (QED) is 0.630. The number of carbonyl (C=O) groups is 1. The number of sulfonamides is 1. The van der Waals surface area contributed by atoms with Gasteiger partial charge in [-0.15, -0.1) is 0 Å². The van der Waals surface area contributed by atoms with Crippen molar-refractivity contribution in [1.29, 1.82) is 0 Å². The van der Waals surface area contributed by atoms with Gasteiger partial charge < -0.3 is 9.88 Å². The smallest absolute Gasteiger partial charge is 0.229 e. The highest BCUT2D eigenvalue weighted by Crippen LogP contribution is 2.18. The normalized spacial score (nSPS) is 11.5.